The van der Waals surface area contributed by atoms with Gasteiger partial charge in [0.25, 0.3) is 0 Å². The third-order valence-electron chi connectivity index (χ3n) is 4.66. The molecule has 3 rings (SSSR count). The zero-order valence-corrected chi connectivity index (χ0v) is 10.7. The molecule has 1 aliphatic carbocycles. The summed E-state index contributed by atoms with van der Waals surface area (Å²) in [6.45, 7) is 3.33. The maximum absolute atomic E-state index is 9.11. The number of benzene rings is 1. The lowest BCUT2D eigenvalue weighted by Crippen LogP contribution is -2.48. The van der Waals surface area contributed by atoms with Crippen LogP contribution in [-0.4, -0.2) is 18.0 Å². The second-order valence-electron chi connectivity index (χ2n) is 5.67. The molecule has 1 saturated carbocycles. The molecule has 1 saturated heterocycles. The predicted molar refractivity (Wildman–Crippen MR) is 71.4 cm³/mol. The van der Waals surface area contributed by atoms with Crippen molar-refractivity contribution in [2.24, 2.45) is 11.3 Å². The molecular weight excluding hydrogens is 220 g/mol. The molecule has 1 spiro atoms. The zero-order valence-electron chi connectivity index (χ0n) is 10.7. The van der Waals surface area contributed by atoms with Gasteiger partial charge in [0, 0.05) is 6.54 Å². The summed E-state index contributed by atoms with van der Waals surface area (Å²) in [6, 6.07) is 13.1. The summed E-state index contributed by atoms with van der Waals surface area (Å²) in [4.78, 5) is 2.52. The Bertz CT molecular complexity index is 438. The van der Waals surface area contributed by atoms with Crippen LogP contribution in [-0.2, 0) is 6.54 Å². The predicted octanol–water partition coefficient (Wildman–Crippen LogP) is 3.02. The van der Waals surface area contributed by atoms with E-state index >= 15 is 0 Å². The van der Waals surface area contributed by atoms with Gasteiger partial charge in [-0.25, -0.2) is 0 Å². The summed E-state index contributed by atoms with van der Waals surface area (Å²) >= 11 is 0. The van der Waals surface area contributed by atoms with E-state index in [0.717, 1.165) is 26.1 Å². The second-order valence-corrected chi connectivity index (χ2v) is 5.67. The SMILES string of the molecule is N#CC1[CH]CC12CCN(Cc1ccccc1)CC2. The van der Waals surface area contributed by atoms with Gasteiger partial charge in [-0.3, -0.25) is 4.90 Å². The minimum Gasteiger partial charge on any atom is -0.299 e. The first-order chi connectivity index (χ1) is 8.82. The van der Waals surface area contributed by atoms with Crippen LogP contribution in [0.5, 0.6) is 0 Å². The van der Waals surface area contributed by atoms with Crippen LogP contribution in [0.15, 0.2) is 30.3 Å². The van der Waals surface area contributed by atoms with Crippen LogP contribution in [0.4, 0.5) is 0 Å². The molecular formula is C16H19N2. The molecule has 2 aliphatic rings. The van der Waals surface area contributed by atoms with E-state index in [-0.39, 0.29) is 5.92 Å². The Labute approximate surface area is 109 Å². The molecule has 1 aromatic carbocycles. The van der Waals surface area contributed by atoms with Crippen LogP contribution in [0.25, 0.3) is 0 Å². The van der Waals surface area contributed by atoms with Gasteiger partial charge in [0.15, 0.2) is 0 Å². The molecule has 93 valence electrons. The van der Waals surface area contributed by atoms with E-state index in [9.17, 15) is 0 Å². The van der Waals surface area contributed by atoms with Gasteiger partial charge in [-0.2, -0.15) is 5.26 Å². The number of likely N-dealkylation sites (tertiary alicyclic amines) is 1. The summed E-state index contributed by atoms with van der Waals surface area (Å²) in [5.41, 5.74) is 1.73. The van der Waals surface area contributed by atoms with E-state index in [2.05, 4.69) is 47.7 Å². The lowest BCUT2D eigenvalue weighted by molar-refractivity contribution is 0.0309. The minimum atomic E-state index is 0.219. The Morgan fingerprint density at radius 2 is 1.94 bits per heavy atom. The number of nitrogens with zero attached hydrogens (tertiary/aromatic N) is 2. The molecule has 18 heavy (non-hydrogen) atoms. The van der Waals surface area contributed by atoms with Crippen molar-refractivity contribution in [2.45, 2.75) is 25.8 Å². The third kappa shape index (κ3) is 2.04. The van der Waals surface area contributed by atoms with Crippen LogP contribution in [0.3, 0.4) is 0 Å². The number of hydrogen-bond acceptors (Lipinski definition) is 2. The van der Waals surface area contributed by atoms with Gasteiger partial charge >= 0.3 is 0 Å². The summed E-state index contributed by atoms with van der Waals surface area (Å²) < 4.78 is 0. The van der Waals surface area contributed by atoms with E-state index in [1.165, 1.54) is 18.4 Å². The lowest BCUT2D eigenvalue weighted by Gasteiger charge is -2.51. The zero-order chi connectivity index (χ0) is 12.4. The van der Waals surface area contributed by atoms with Crippen LogP contribution >= 0.6 is 0 Å². The molecule has 1 aromatic rings. The number of rotatable bonds is 2. The van der Waals surface area contributed by atoms with Crippen LogP contribution in [0, 0.1) is 29.1 Å². The van der Waals surface area contributed by atoms with Crippen molar-refractivity contribution in [3.05, 3.63) is 42.3 Å². The van der Waals surface area contributed by atoms with Crippen LogP contribution < -0.4 is 0 Å². The fourth-order valence-corrected chi connectivity index (χ4v) is 3.27. The third-order valence-corrected chi connectivity index (χ3v) is 4.66. The normalized spacial score (nSPS) is 26.5. The maximum Gasteiger partial charge on any atom is 0.0664 e. The fraction of sp³-hybridized carbons (Fsp3) is 0.500. The molecule has 0 N–H and O–H groups in total. The van der Waals surface area contributed by atoms with Gasteiger partial charge in [-0.05, 0) is 49.8 Å². The largest absolute Gasteiger partial charge is 0.299 e. The Morgan fingerprint density at radius 3 is 2.50 bits per heavy atom. The molecule has 1 aliphatic heterocycles. The molecule has 0 aromatic heterocycles. The molecule has 2 heteroatoms. The van der Waals surface area contributed by atoms with E-state index in [1.54, 1.807) is 0 Å². The van der Waals surface area contributed by atoms with Crippen molar-refractivity contribution in [1.82, 2.24) is 4.90 Å². The first-order valence-corrected chi connectivity index (χ1v) is 6.82. The van der Waals surface area contributed by atoms with Gasteiger partial charge in [-0.1, -0.05) is 30.3 Å². The number of piperidine rings is 1. The molecule has 0 bridgehead atoms. The van der Waals surface area contributed by atoms with E-state index in [1.807, 2.05) is 0 Å². The topological polar surface area (TPSA) is 27.0 Å². The van der Waals surface area contributed by atoms with Crippen LogP contribution in [0.1, 0.15) is 24.8 Å². The van der Waals surface area contributed by atoms with Gasteiger partial charge in [0.1, 0.15) is 0 Å². The molecule has 1 heterocycles. The highest BCUT2D eigenvalue weighted by Crippen LogP contribution is 2.52. The van der Waals surface area contributed by atoms with Crippen molar-refractivity contribution < 1.29 is 0 Å². The van der Waals surface area contributed by atoms with Crippen molar-refractivity contribution in [2.75, 3.05) is 13.1 Å². The Balaban J connectivity index is 1.56. The summed E-state index contributed by atoms with van der Waals surface area (Å²) in [7, 11) is 0. The van der Waals surface area contributed by atoms with E-state index in [0.29, 0.717) is 5.41 Å². The van der Waals surface area contributed by atoms with Crippen molar-refractivity contribution in [3.8, 4) is 6.07 Å². The fourth-order valence-electron chi connectivity index (χ4n) is 3.27. The summed E-state index contributed by atoms with van der Waals surface area (Å²) in [5.74, 6) is 0.219. The van der Waals surface area contributed by atoms with E-state index < -0.39 is 0 Å². The minimum absolute atomic E-state index is 0.219. The molecule has 1 unspecified atom stereocenters. The molecule has 2 nitrogen and oxygen atoms in total. The van der Waals surface area contributed by atoms with Gasteiger partial charge in [0.05, 0.1) is 12.0 Å². The van der Waals surface area contributed by atoms with Gasteiger partial charge in [0.2, 0.25) is 0 Å². The number of nitriles is 1. The average molecular weight is 239 g/mol. The summed E-state index contributed by atoms with van der Waals surface area (Å²) in [5, 5.41) is 9.11. The Hall–Kier alpha value is -1.33. The highest BCUT2D eigenvalue weighted by molar-refractivity contribution is 5.18. The van der Waals surface area contributed by atoms with Crippen molar-refractivity contribution >= 4 is 0 Å². The monoisotopic (exact) mass is 239 g/mol. The lowest BCUT2D eigenvalue weighted by atomic mass is 9.56. The van der Waals surface area contributed by atoms with Gasteiger partial charge in [-0.15, -0.1) is 0 Å². The second kappa shape index (κ2) is 4.74. The Morgan fingerprint density at radius 1 is 1.22 bits per heavy atom. The van der Waals surface area contributed by atoms with Crippen molar-refractivity contribution in [3.63, 3.8) is 0 Å². The highest BCUT2D eigenvalue weighted by atomic mass is 15.1. The average Bonchev–Trinajstić information content (AvgIpc) is 2.40. The Kier molecular flexibility index (Phi) is 3.09. The van der Waals surface area contributed by atoms with Crippen molar-refractivity contribution in [1.29, 1.82) is 5.26 Å². The first kappa shape index (κ1) is 11.7. The van der Waals surface area contributed by atoms with E-state index in [4.69, 9.17) is 5.26 Å². The standard InChI is InChI=1S/C16H19N2/c17-12-15-6-7-16(15)8-10-18(11-9-16)13-14-4-2-1-3-5-14/h1-6,15H,7-11,13H2. The molecule has 0 amide bonds. The van der Waals surface area contributed by atoms with Gasteiger partial charge < -0.3 is 0 Å². The van der Waals surface area contributed by atoms with Crippen LogP contribution in [0.2, 0.25) is 0 Å². The first-order valence-electron chi connectivity index (χ1n) is 6.82. The maximum atomic E-state index is 9.11. The molecule has 1 atom stereocenters. The molecule has 2 fully saturated rings. The molecule has 1 radical (unpaired) electrons. The summed E-state index contributed by atoms with van der Waals surface area (Å²) in [6.07, 6.45) is 5.72. The quantitative estimate of drug-likeness (QED) is 0.793. The number of hydrogen-bond donors (Lipinski definition) is 0. The smallest absolute Gasteiger partial charge is 0.0664 e. The highest BCUT2D eigenvalue weighted by Gasteiger charge is 2.48.